The van der Waals surface area contributed by atoms with E-state index >= 15 is 0 Å². The van der Waals surface area contributed by atoms with Crippen LogP contribution in [0.1, 0.15) is 28.9 Å². The van der Waals surface area contributed by atoms with Gasteiger partial charge in [0.2, 0.25) is 4.96 Å². The van der Waals surface area contributed by atoms with Gasteiger partial charge in [-0.25, -0.2) is 0 Å². The highest BCUT2D eigenvalue weighted by molar-refractivity contribution is 7.19. The molecule has 1 N–H and O–H groups in total. The third-order valence-electron chi connectivity index (χ3n) is 5.04. The van der Waals surface area contributed by atoms with Crippen molar-refractivity contribution in [1.29, 1.82) is 0 Å². The zero-order valence-electron chi connectivity index (χ0n) is 17.3. The molecule has 0 fully saturated rings. The zero-order valence-corrected chi connectivity index (χ0v) is 18.9. The number of aryl methyl sites for hydroxylation is 2. The van der Waals surface area contributed by atoms with Crippen LogP contribution in [-0.4, -0.2) is 25.7 Å². The highest BCUT2D eigenvalue weighted by Gasteiger charge is 2.16. The summed E-state index contributed by atoms with van der Waals surface area (Å²) < 4.78 is 7.53. The van der Waals surface area contributed by atoms with E-state index in [1.165, 1.54) is 11.3 Å². The summed E-state index contributed by atoms with van der Waals surface area (Å²) in [6.45, 7) is 3.95. The van der Waals surface area contributed by atoms with Gasteiger partial charge in [0.05, 0.1) is 0 Å². The normalized spacial score (nSPS) is 11.2. The second-order valence-electron chi connectivity index (χ2n) is 7.23. The topological polar surface area (TPSA) is 85.3 Å². The number of fused-ring (bicyclic) bond motifs is 1. The van der Waals surface area contributed by atoms with Crippen LogP contribution in [0.3, 0.4) is 0 Å². The number of hydrogen-bond acceptors (Lipinski definition) is 6. The number of hydrogen-bond donors (Lipinski definition) is 1. The Bertz CT molecular complexity index is 1450. The molecule has 32 heavy (non-hydrogen) atoms. The second-order valence-corrected chi connectivity index (χ2v) is 8.62. The first-order chi connectivity index (χ1) is 15.5. The van der Waals surface area contributed by atoms with Crippen LogP contribution < -0.4 is 5.32 Å². The first-order valence-corrected chi connectivity index (χ1v) is 11.2. The SMILES string of the molecule is CCc1nnc2sc(-c3ccc(C)c(NC(=O)c4ccc(-c5cccc(Cl)c5)o4)c3)nn12. The molecule has 3 aromatic heterocycles. The molecule has 0 aliphatic rings. The van der Waals surface area contributed by atoms with E-state index < -0.39 is 0 Å². The molecule has 9 heteroatoms. The van der Waals surface area contributed by atoms with Gasteiger partial charge in [-0.05, 0) is 42.8 Å². The van der Waals surface area contributed by atoms with Crippen molar-refractivity contribution in [3.05, 3.63) is 76.8 Å². The first-order valence-electron chi connectivity index (χ1n) is 10.0. The fourth-order valence-corrected chi connectivity index (χ4v) is 4.37. The van der Waals surface area contributed by atoms with E-state index in [-0.39, 0.29) is 11.7 Å². The van der Waals surface area contributed by atoms with Gasteiger partial charge in [-0.1, -0.05) is 54.1 Å². The van der Waals surface area contributed by atoms with E-state index in [0.717, 1.165) is 38.9 Å². The van der Waals surface area contributed by atoms with Gasteiger partial charge in [0.25, 0.3) is 5.91 Å². The molecule has 5 aromatic rings. The highest BCUT2D eigenvalue weighted by atomic mass is 35.5. The third kappa shape index (κ3) is 3.79. The number of halogens is 1. The van der Waals surface area contributed by atoms with Crippen LogP contribution in [0.2, 0.25) is 5.02 Å². The van der Waals surface area contributed by atoms with Crippen molar-refractivity contribution in [3.63, 3.8) is 0 Å². The maximum Gasteiger partial charge on any atom is 0.291 e. The van der Waals surface area contributed by atoms with Gasteiger partial charge in [0.15, 0.2) is 11.6 Å². The number of furan rings is 1. The van der Waals surface area contributed by atoms with Crippen LogP contribution in [0.5, 0.6) is 0 Å². The molecule has 0 spiro atoms. The Morgan fingerprint density at radius 1 is 1.12 bits per heavy atom. The Hall–Kier alpha value is -3.49. The molecule has 0 bridgehead atoms. The Morgan fingerprint density at radius 2 is 2.00 bits per heavy atom. The molecule has 0 atom stereocenters. The maximum atomic E-state index is 12.8. The smallest absolute Gasteiger partial charge is 0.291 e. The van der Waals surface area contributed by atoms with Gasteiger partial charge in [0.1, 0.15) is 10.8 Å². The van der Waals surface area contributed by atoms with E-state index in [9.17, 15) is 4.79 Å². The van der Waals surface area contributed by atoms with Crippen molar-refractivity contribution in [2.75, 3.05) is 5.32 Å². The summed E-state index contributed by atoms with van der Waals surface area (Å²) in [5, 5.41) is 17.3. The predicted octanol–water partition coefficient (Wildman–Crippen LogP) is 5.89. The molecular weight excluding hydrogens is 446 g/mol. The van der Waals surface area contributed by atoms with E-state index in [1.807, 2.05) is 44.2 Å². The Kier molecular flexibility index (Phi) is 5.24. The molecule has 7 nitrogen and oxygen atoms in total. The summed E-state index contributed by atoms with van der Waals surface area (Å²) in [6, 6.07) is 16.5. The summed E-state index contributed by atoms with van der Waals surface area (Å²) in [5.74, 6) is 1.28. The molecule has 0 aliphatic carbocycles. The van der Waals surface area contributed by atoms with Crippen molar-refractivity contribution >= 4 is 39.5 Å². The number of carbonyl (C=O) groups excluding carboxylic acids is 1. The van der Waals surface area contributed by atoms with E-state index in [1.54, 1.807) is 28.8 Å². The number of carbonyl (C=O) groups is 1. The van der Waals surface area contributed by atoms with Crippen molar-refractivity contribution in [1.82, 2.24) is 19.8 Å². The van der Waals surface area contributed by atoms with Crippen LogP contribution in [0.25, 0.3) is 26.9 Å². The lowest BCUT2D eigenvalue weighted by Crippen LogP contribution is -2.11. The fourth-order valence-electron chi connectivity index (χ4n) is 3.33. The Balaban J connectivity index is 1.40. The molecule has 0 saturated heterocycles. The maximum absolute atomic E-state index is 12.8. The summed E-state index contributed by atoms with van der Waals surface area (Å²) >= 11 is 7.51. The number of benzene rings is 2. The van der Waals surface area contributed by atoms with Crippen molar-refractivity contribution in [3.8, 4) is 21.9 Å². The molecule has 1 amide bonds. The fraction of sp³-hybridized carbons (Fsp3) is 0.130. The quantitative estimate of drug-likeness (QED) is 0.351. The molecule has 160 valence electrons. The average Bonchev–Trinajstić information content (AvgIpc) is 3.51. The van der Waals surface area contributed by atoms with Crippen LogP contribution in [0.15, 0.2) is 59.0 Å². The van der Waals surface area contributed by atoms with Gasteiger partial charge < -0.3 is 9.73 Å². The number of rotatable bonds is 5. The van der Waals surface area contributed by atoms with Crippen molar-refractivity contribution < 1.29 is 9.21 Å². The summed E-state index contributed by atoms with van der Waals surface area (Å²) in [6.07, 6.45) is 0.750. The highest BCUT2D eigenvalue weighted by Crippen LogP contribution is 2.30. The standard InChI is InChI=1S/C23H18ClN5O2S/c1-3-20-26-27-23-29(20)28-22(32-23)15-8-7-13(2)17(12-15)25-21(30)19-10-9-18(31-19)14-5-4-6-16(24)11-14/h4-12H,3H2,1-2H3,(H,25,30). The minimum Gasteiger partial charge on any atom is -0.451 e. The molecule has 0 aliphatic heterocycles. The van der Waals surface area contributed by atoms with Crippen molar-refractivity contribution in [2.45, 2.75) is 20.3 Å². The van der Waals surface area contributed by atoms with Crippen LogP contribution in [-0.2, 0) is 6.42 Å². The number of nitrogens with one attached hydrogen (secondary N) is 1. The predicted molar refractivity (Wildman–Crippen MR) is 125 cm³/mol. The Morgan fingerprint density at radius 3 is 2.81 bits per heavy atom. The van der Waals surface area contributed by atoms with E-state index in [4.69, 9.17) is 16.0 Å². The molecule has 0 radical (unpaired) electrons. The molecule has 0 saturated carbocycles. The molecule has 5 rings (SSSR count). The third-order valence-corrected chi connectivity index (χ3v) is 6.23. The Labute approximate surface area is 192 Å². The van der Waals surface area contributed by atoms with Gasteiger partial charge in [-0.3, -0.25) is 4.79 Å². The van der Waals surface area contributed by atoms with Crippen LogP contribution >= 0.6 is 22.9 Å². The molecule has 2 aromatic carbocycles. The summed E-state index contributed by atoms with van der Waals surface area (Å²) in [5.41, 5.74) is 3.32. The number of nitrogens with zero attached hydrogens (tertiary/aromatic N) is 4. The van der Waals surface area contributed by atoms with E-state index in [2.05, 4.69) is 20.6 Å². The lowest BCUT2D eigenvalue weighted by atomic mass is 10.1. The number of aromatic nitrogens is 4. The van der Waals surface area contributed by atoms with E-state index in [0.29, 0.717) is 16.5 Å². The summed E-state index contributed by atoms with van der Waals surface area (Å²) in [4.78, 5) is 13.6. The monoisotopic (exact) mass is 463 g/mol. The molecular formula is C23H18ClN5O2S. The van der Waals surface area contributed by atoms with Crippen molar-refractivity contribution in [2.24, 2.45) is 0 Å². The number of anilines is 1. The lowest BCUT2D eigenvalue weighted by molar-refractivity contribution is 0.0997. The summed E-state index contributed by atoms with van der Waals surface area (Å²) in [7, 11) is 0. The first kappa shape index (κ1) is 20.4. The average molecular weight is 464 g/mol. The second kappa shape index (κ2) is 8.22. The molecule has 3 heterocycles. The number of amides is 1. The zero-order chi connectivity index (χ0) is 22.2. The van der Waals surface area contributed by atoms with Crippen LogP contribution in [0.4, 0.5) is 5.69 Å². The largest absolute Gasteiger partial charge is 0.451 e. The van der Waals surface area contributed by atoms with Crippen LogP contribution in [0, 0.1) is 6.92 Å². The minimum absolute atomic E-state index is 0.219. The van der Waals surface area contributed by atoms with Gasteiger partial charge >= 0.3 is 0 Å². The van der Waals surface area contributed by atoms with Gasteiger partial charge in [-0.2, -0.15) is 9.61 Å². The molecule has 0 unspecified atom stereocenters. The van der Waals surface area contributed by atoms with Gasteiger partial charge in [0, 0.05) is 28.3 Å². The van der Waals surface area contributed by atoms with Gasteiger partial charge in [-0.15, -0.1) is 10.2 Å². The lowest BCUT2D eigenvalue weighted by Gasteiger charge is -2.08. The minimum atomic E-state index is -0.329.